The Labute approximate surface area is 104 Å². The van der Waals surface area contributed by atoms with Crippen molar-refractivity contribution in [2.24, 2.45) is 4.99 Å². The molecule has 1 aliphatic heterocycles. The van der Waals surface area contributed by atoms with Crippen molar-refractivity contribution in [1.29, 1.82) is 0 Å². The second-order valence-corrected chi connectivity index (χ2v) is 5.07. The number of phenols is 1. The summed E-state index contributed by atoms with van der Waals surface area (Å²) in [7, 11) is 0. The molecule has 0 amide bonds. The third kappa shape index (κ3) is 2.07. The van der Waals surface area contributed by atoms with Crippen LogP contribution in [0.1, 0.15) is 30.9 Å². The molecule has 2 rings (SSSR count). The van der Waals surface area contributed by atoms with Crippen LogP contribution in [-0.4, -0.2) is 24.0 Å². The largest absolute Gasteiger partial charge is 0.506 e. The quantitative estimate of drug-likeness (QED) is 0.876. The van der Waals surface area contributed by atoms with Gasteiger partial charge in [-0.15, -0.1) is 0 Å². The van der Waals surface area contributed by atoms with Crippen LogP contribution in [0.15, 0.2) is 21.6 Å². The lowest BCUT2D eigenvalue weighted by Gasteiger charge is -2.12. The first-order valence-electron chi connectivity index (χ1n) is 5.40. The number of hydrogen-bond acceptors (Lipinski definition) is 3. The normalized spacial score (nSPS) is 15.1. The Kier molecular flexibility index (Phi) is 3.19. The highest BCUT2D eigenvalue weighted by Gasteiger charge is 2.16. The van der Waals surface area contributed by atoms with E-state index >= 15 is 0 Å². The van der Waals surface area contributed by atoms with Crippen LogP contribution in [0.2, 0.25) is 0 Å². The molecule has 0 unspecified atom stereocenters. The van der Waals surface area contributed by atoms with Crippen LogP contribution in [0.3, 0.4) is 0 Å². The number of hydrogen-bond donors (Lipinski definition) is 2. The van der Waals surface area contributed by atoms with Crippen molar-refractivity contribution < 1.29 is 5.11 Å². The minimum atomic E-state index is 0.262. The summed E-state index contributed by atoms with van der Waals surface area (Å²) in [5.74, 6) is 1.48. The molecular formula is C12H15BrN2O. The van der Waals surface area contributed by atoms with Crippen molar-refractivity contribution in [3.63, 3.8) is 0 Å². The van der Waals surface area contributed by atoms with E-state index in [0.717, 1.165) is 29.0 Å². The van der Waals surface area contributed by atoms with E-state index < -0.39 is 0 Å². The molecule has 0 bridgehead atoms. The number of benzene rings is 1. The summed E-state index contributed by atoms with van der Waals surface area (Å²) in [6.07, 6.45) is 0. The molecule has 0 fully saturated rings. The smallest absolute Gasteiger partial charge is 0.140 e. The molecule has 3 nitrogen and oxygen atoms in total. The van der Waals surface area contributed by atoms with Crippen molar-refractivity contribution in [2.45, 2.75) is 19.8 Å². The Morgan fingerprint density at radius 3 is 2.75 bits per heavy atom. The molecular weight excluding hydrogens is 268 g/mol. The molecule has 0 spiro atoms. The fourth-order valence-electron chi connectivity index (χ4n) is 1.71. The summed E-state index contributed by atoms with van der Waals surface area (Å²) in [6.45, 7) is 5.88. The number of nitrogens with one attached hydrogen (secondary N) is 1. The summed E-state index contributed by atoms with van der Waals surface area (Å²) < 4.78 is 0.727. The Morgan fingerprint density at radius 2 is 2.19 bits per heavy atom. The van der Waals surface area contributed by atoms with Crippen molar-refractivity contribution in [3.05, 3.63) is 27.7 Å². The van der Waals surface area contributed by atoms with Gasteiger partial charge >= 0.3 is 0 Å². The van der Waals surface area contributed by atoms with Gasteiger partial charge < -0.3 is 10.4 Å². The molecule has 0 saturated carbocycles. The van der Waals surface area contributed by atoms with Gasteiger partial charge in [0.1, 0.15) is 11.6 Å². The van der Waals surface area contributed by atoms with Crippen molar-refractivity contribution >= 4 is 21.8 Å². The predicted octanol–water partition coefficient (Wildman–Crippen LogP) is 2.63. The fourth-order valence-corrected chi connectivity index (χ4v) is 2.19. The molecule has 1 aromatic rings. The Bertz CT molecular complexity index is 441. The van der Waals surface area contributed by atoms with E-state index in [-0.39, 0.29) is 5.75 Å². The van der Waals surface area contributed by atoms with Crippen molar-refractivity contribution in [3.8, 4) is 5.75 Å². The van der Waals surface area contributed by atoms with Gasteiger partial charge in [0.15, 0.2) is 0 Å². The van der Waals surface area contributed by atoms with Crippen LogP contribution >= 0.6 is 15.9 Å². The lowest BCUT2D eigenvalue weighted by atomic mass is 10.00. The molecule has 0 aliphatic carbocycles. The van der Waals surface area contributed by atoms with Gasteiger partial charge in [0.25, 0.3) is 0 Å². The summed E-state index contributed by atoms with van der Waals surface area (Å²) in [6, 6.07) is 3.96. The van der Waals surface area contributed by atoms with Gasteiger partial charge in [0.05, 0.1) is 16.6 Å². The lowest BCUT2D eigenvalue weighted by Crippen LogP contribution is -2.19. The minimum absolute atomic E-state index is 0.262. The van der Waals surface area contributed by atoms with Gasteiger partial charge in [-0.2, -0.15) is 0 Å². The van der Waals surface area contributed by atoms with E-state index in [4.69, 9.17) is 0 Å². The predicted molar refractivity (Wildman–Crippen MR) is 69.3 cm³/mol. The molecule has 0 aromatic heterocycles. The number of amidine groups is 1. The van der Waals surface area contributed by atoms with Crippen LogP contribution in [0.25, 0.3) is 0 Å². The first-order chi connectivity index (χ1) is 7.59. The first-order valence-corrected chi connectivity index (χ1v) is 6.20. The number of halogens is 1. The van der Waals surface area contributed by atoms with Gasteiger partial charge in [0.2, 0.25) is 0 Å². The number of phenolic OH excluding ortho intramolecular Hbond substituents is 1. The van der Waals surface area contributed by atoms with Crippen LogP contribution in [0, 0.1) is 0 Å². The first kappa shape index (κ1) is 11.5. The van der Waals surface area contributed by atoms with Crippen LogP contribution in [0.5, 0.6) is 5.75 Å². The second kappa shape index (κ2) is 4.45. The van der Waals surface area contributed by atoms with E-state index in [1.165, 1.54) is 5.56 Å². The highest BCUT2D eigenvalue weighted by molar-refractivity contribution is 9.10. The minimum Gasteiger partial charge on any atom is -0.506 e. The molecule has 4 heteroatoms. The third-order valence-electron chi connectivity index (χ3n) is 2.68. The Hall–Kier alpha value is -1.03. The highest BCUT2D eigenvalue weighted by Crippen LogP contribution is 2.32. The molecule has 1 heterocycles. The number of aliphatic imine (C=N–C) groups is 1. The van der Waals surface area contributed by atoms with Gasteiger partial charge in [0, 0.05) is 6.54 Å². The van der Waals surface area contributed by atoms with Crippen LogP contribution < -0.4 is 5.32 Å². The van der Waals surface area contributed by atoms with Gasteiger partial charge in [-0.1, -0.05) is 13.8 Å². The average molecular weight is 283 g/mol. The van der Waals surface area contributed by atoms with Gasteiger partial charge in [-0.3, -0.25) is 4.99 Å². The molecule has 0 radical (unpaired) electrons. The zero-order valence-electron chi connectivity index (χ0n) is 9.42. The van der Waals surface area contributed by atoms with E-state index in [1.807, 2.05) is 12.1 Å². The summed E-state index contributed by atoms with van der Waals surface area (Å²) in [5, 5.41) is 13.2. The van der Waals surface area contributed by atoms with E-state index in [2.05, 4.69) is 40.1 Å². The second-order valence-electron chi connectivity index (χ2n) is 4.21. The van der Waals surface area contributed by atoms with Gasteiger partial charge in [-0.05, 0) is 39.5 Å². The number of rotatable bonds is 2. The Morgan fingerprint density at radius 1 is 1.44 bits per heavy atom. The summed E-state index contributed by atoms with van der Waals surface area (Å²) in [5.41, 5.74) is 1.98. The molecule has 1 aromatic carbocycles. The maximum atomic E-state index is 10.00. The monoisotopic (exact) mass is 282 g/mol. The summed E-state index contributed by atoms with van der Waals surface area (Å²) >= 11 is 3.38. The zero-order valence-corrected chi connectivity index (χ0v) is 11.0. The maximum Gasteiger partial charge on any atom is 0.140 e. The van der Waals surface area contributed by atoms with Crippen LogP contribution in [0.4, 0.5) is 0 Å². The van der Waals surface area contributed by atoms with Gasteiger partial charge in [-0.25, -0.2) is 0 Å². The topological polar surface area (TPSA) is 44.6 Å². The molecule has 1 aliphatic rings. The molecule has 86 valence electrons. The lowest BCUT2D eigenvalue weighted by molar-refractivity contribution is 0.470. The van der Waals surface area contributed by atoms with Crippen LogP contribution in [-0.2, 0) is 0 Å². The van der Waals surface area contributed by atoms with Crippen molar-refractivity contribution in [2.75, 3.05) is 13.1 Å². The average Bonchev–Trinajstić information content (AvgIpc) is 2.74. The molecule has 0 saturated heterocycles. The van der Waals surface area contributed by atoms with E-state index in [1.54, 1.807) is 0 Å². The van der Waals surface area contributed by atoms with E-state index in [9.17, 15) is 5.11 Å². The molecule has 16 heavy (non-hydrogen) atoms. The SMILES string of the molecule is CC(C)c1cc(Br)c(O)c(C2=NCCN2)c1. The maximum absolute atomic E-state index is 10.00. The summed E-state index contributed by atoms with van der Waals surface area (Å²) in [4.78, 5) is 4.33. The number of aromatic hydroxyl groups is 1. The fraction of sp³-hybridized carbons (Fsp3) is 0.417. The molecule has 0 atom stereocenters. The zero-order chi connectivity index (χ0) is 11.7. The standard InChI is InChI=1S/C12H15BrN2O/c1-7(2)8-5-9(11(16)10(13)6-8)12-14-3-4-15-12/h5-7,16H,3-4H2,1-2H3,(H,14,15). The van der Waals surface area contributed by atoms with Crippen molar-refractivity contribution in [1.82, 2.24) is 5.32 Å². The van der Waals surface area contributed by atoms with E-state index in [0.29, 0.717) is 5.92 Å². The molecule has 2 N–H and O–H groups in total. The highest BCUT2D eigenvalue weighted by atomic mass is 79.9. The third-order valence-corrected chi connectivity index (χ3v) is 3.29. The Balaban J connectivity index is 2.50. The number of nitrogens with zero attached hydrogens (tertiary/aromatic N) is 1.